The summed E-state index contributed by atoms with van der Waals surface area (Å²) in [7, 11) is 0. The Hall–Kier alpha value is -3.34. The van der Waals surface area contributed by atoms with Crippen LogP contribution in [0.4, 0.5) is 0 Å². The summed E-state index contributed by atoms with van der Waals surface area (Å²) in [6, 6.07) is 18.4. The SMILES string of the molecule is CC(C)(C)c1ccc(OCCNC(=O)c2ccccc2-c2ccc(C=O)o2)cc1. The highest BCUT2D eigenvalue weighted by Crippen LogP contribution is 2.26. The molecule has 3 rings (SSSR count). The van der Waals surface area contributed by atoms with Crippen molar-refractivity contribution in [2.45, 2.75) is 26.2 Å². The van der Waals surface area contributed by atoms with E-state index < -0.39 is 0 Å². The number of aldehydes is 1. The minimum absolute atomic E-state index is 0.0976. The molecular formula is C24H25NO4. The molecular weight excluding hydrogens is 366 g/mol. The fourth-order valence-electron chi connectivity index (χ4n) is 2.94. The van der Waals surface area contributed by atoms with Gasteiger partial charge in [-0.15, -0.1) is 0 Å². The smallest absolute Gasteiger partial charge is 0.252 e. The number of amides is 1. The molecule has 0 unspecified atom stereocenters. The van der Waals surface area contributed by atoms with Crippen LogP contribution in [-0.2, 0) is 5.41 Å². The summed E-state index contributed by atoms with van der Waals surface area (Å²) in [5.74, 6) is 1.25. The normalized spacial score (nSPS) is 11.1. The summed E-state index contributed by atoms with van der Waals surface area (Å²) in [4.78, 5) is 23.4. The van der Waals surface area contributed by atoms with Crippen LogP contribution in [0.15, 0.2) is 65.1 Å². The van der Waals surface area contributed by atoms with Crippen LogP contribution in [0, 0.1) is 0 Å². The van der Waals surface area contributed by atoms with Crippen molar-refractivity contribution >= 4 is 12.2 Å². The Morgan fingerprint density at radius 1 is 1.03 bits per heavy atom. The monoisotopic (exact) mass is 391 g/mol. The van der Waals surface area contributed by atoms with Crippen LogP contribution in [0.3, 0.4) is 0 Å². The molecule has 5 heteroatoms. The molecule has 1 amide bonds. The van der Waals surface area contributed by atoms with Gasteiger partial charge in [-0.05, 0) is 41.3 Å². The summed E-state index contributed by atoms with van der Waals surface area (Å²) in [6.07, 6.45) is 0.636. The minimum atomic E-state index is -0.226. The first-order chi connectivity index (χ1) is 13.9. The number of benzene rings is 2. The van der Waals surface area contributed by atoms with Crippen LogP contribution in [0.1, 0.15) is 47.2 Å². The van der Waals surface area contributed by atoms with Gasteiger partial charge in [-0.1, -0.05) is 51.1 Å². The van der Waals surface area contributed by atoms with Crippen LogP contribution in [0.5, 0.6) is 5.75 Å². The number of nitrogens with one attached hydrogen (secondary N) is 1. The second-order valence-corrected chi connectivity index (χ2v) is 7.74. The quantitative estimate of drug-likeness (QED) is 0.461. The Morgan fingerprint density at radius 3 is 2.41 bits per heavy atom. The Morgan fingerprint density at radius 2 is 1.76 bits per heavy atom. The Balaban J connectivity index is 1.57. The molecule has 0 atom stereocenters. The zero-order chi connectivity index (χ0) is 20.9. The Bertz CT molecular complexity index is 981. The average Bonchev–Trinajstić information content (AvgIpc) is 3.20. The highest BCUT2D eigenvalue weighted by Gasteiger charge is 2.15. The molecule has 5 nitrogen and oxygen atoms in total. The lowest BCUT2D eigenvalue weighted by atomic mass is 9.87. The predicted octanol–water partition coefficient (Wildman–Crippen LogP) is 4.87. The van der Waals surface area contributed by atoms with Crippen LogP contribution in [0.2, 0.25) is 0 Å². The van der Waals surface area contributed by atoms with Crippen molar-refractivity contribution in [1.29, 1.82) is 0 Å². The summed E-state index contributed by atoms with van der Waals surface area (Å²) >= 11 is 0. The summed E-state index contributed by atoms with van der Waals surface area (Å²) in [5.41, 5.74) is 2.46. The summed E-state index contributed by atoms with van der Waals surface area (Å²) in [5, 5.41) is 2.86. The summed E-state index contributed by atoms with van der Waals surface area (Å²) in [6.45, 7) is 7.22. The van der Waals surface area contributed by atoms with Crippen LogP contribution < -0.4 is 10.1 Å². The van der Waals surface area contributed by atoms with Gasteiger partial charge in [0.1, 0.15) is 18.1 Å². The maximum atomic E-state index is 12.6. The highest BCUT2D eigenvalue weighted by molar-refractivity contribution is 6.00. The molecule has 0 saturated heterocycles. The number of hydrogen-bond acceptors (Lipinski definition) is 4. The van der Waals surface area contributed by atoms with Gasteiger partial charge in [0.15, 0.2) is 12.0 Å². The van der Waals surface area contributed by atoms with E-state index in [4.69, 9.17) is 9.15 Å². The van der Waals surface area contributed by atoms with Crippen molar-refractivity contribution in [3.05, 3.63) is 77.6 Å². The highest BCUT2D eigenvalue weighted by atomic mass is 16.5. The van der Waals surface area contributed by atoms with E-state index in [1.54, 1.807) is 30.3 Å². The number of carbonyl (C=O) groups is 2. The average molecular weight is 391 g/mol. The number of ether oxygens (including phenoxy) is 1. The molecule has 1 heterocycles. The van der Waals surface area contributed by atoms with Gasteiger partial charge in [0.25, 0.3) is 5.91 Å². The molecule has 3 aromatic rings. The molecule has 1 N–H and O–H groups in total. The first-order valence-corrected chi connectivity index (χ1v) is 9.54. The molecule has 0 fully saturated rings. The van der Waals surface area contributed by atoms with Crippen LogP contribution >= 0.6 is 0 Å². The maximum Gasteiger partial charge on any atom is 0.252 e. The van der Waals surface area contributed by atoms with Crippen molar-refractivity contribution in [1.82, 2.24) is 5.32 Å². The van der Waals surface area contributed by atoms with E-state index in [1.165, 1.54) is 5.56 Å². The zero-order valence-corrected chi connectivity index (χ0v) is 16.9. The van der Waals surface area contributed by atoms with Gasteiger partial charge in [0.05, 0.1) is 12.1 Å². The van der Waals surface area contributed by atoms with E-state index >= 15 is 0 Å². The predicted molar refractivity (Wildman–Crippen MR) is 113 cm³/mol. The van der Waals surface area contributed by atoms with E-state index in [0.29, 0.717) is 36.3 Å². The first-order valence-electron chi connectivity index (χ1n) is 9.54. The number of rotatable bonds is 7. The maximum absolute atomic E-state index is 12.6. The third kappa shape index (κ3) is 5.13. The van der Waals surface area contributed by atoms with Gasteiger partial charge in [0, 0.05) is 5.56 Å². The number of hydrogen-bond donors (Lipinski definition) is 1. The van der Waals surface area contributed by atoms with E-state index in [2.05, 4.69) is 38.2 Å². The fraction of sp³-hybridized carbons (Fsp3) is 0.250. The lowest BCUT2D eigenvalue weighted by Gasteiger charge is -2.19. The lowest BCUT2D eigenvalue weighted by Crippen LogP contribution is -2.28. The van der Waals surface area contributed by atoms with Gasteiger partial charge in [-0.3, -0.25) is 9.59 Å². The standard InChI is InChI=1S/C24H25NO4/c1-24(2,3)17-8-10-18(11-9-17)28-15-14-25-23(27)21-7-5-4-6-20(21)22-13-12-19(16-26)29-22/h4-13,16H,14-15H2,1-3H3,(H,25,27). The number of carbonyl (C=O) groups excluding carboxylic acids is 2. The zero-order valence-electron chi connectivity index (χ0n) is 16.9. The number of furan rings is 1. The van der Waals surface area contributed by atoms with Gasteiger partial charge in [-0.25, -0.2) is 0 Å². The van der Waals surface area contributed by atoms with E-state index in [-0.39, 0.29) is 17.1 Å². The van der Waals surface area contributed by atoms with E-state index in [1.807, 2.05) is 18.2 Å². The molecule has 0 spiro atoms. The van der Waals surface area contributed by atoms with Crippen LogP contribution in [0.25, 0.3) is 11.3 Å². The Kier molecular flexibility index (Phi) is 6.17. The van der Waals surface area contributed by atoms with Gasteiger partial charge >= 0.3 is 0 Å². The van der Waals surface area contributed by atoms with Crippen molar-refractivity contribution in [2.75, 3.05) is 13.2 Å². The lowest BCUT2D eigenvalue weighted by molar-refractivity contribution is 0.0947. The van der Waals surface area contributed by atoms with Gasteiger partial charge in [-0.2, -0.15) is 0 Å². The van der Waals surface area contributed by atoms with E-state index in [9.17, 15) is 9.59 Å². The third-order valence-corrected chi connectivity index (χ3v) is 4.56. The van der Waals surface area contributed by atoms with Crippen molar-refractivity contribution in [2.24, 2.45) is 0 Å². The van der Waals surface area contributed by atoms with E-state index in [0.717, 1.165) is 5.75 Å². The van der Waals surface area contributed by atoms with Gasteiger partial charge in [0.2, 0.25) is 0 Å². The molecule has 29 heavy (non-hydrogen) atoms. The Labute approximate surface area is 170 Å². The molecule has 0 aliphatic carbocycles. The molecule has 0 saturated carbocycles. The van der Waals surface area contributed by atoms with Gasteiger partial charge < -0.3 is 14.5 Å². The fourth-order valence-corrected chi connectivity index (χ4v) is 2.94. The third-order valence-electron chi connectivity index (χ3n) is 4.56. The molecule has 0 aliphatic rings. The second-order valence-electron chi connectivity index (χ2n) is 7.74. The first kappa shape index (κ1) is 20.4. The molecule has 150 valence electrons. The van der Waals surface area contributed by atoms with Crippen molar-refractivity contribution in [3.8, 4) is 17.1 Å². The molecule has 0 radical (unpaired) electrons. The summed E-state index contributed by atoms with van der Waals surface area (Å²) < 4.78 is 11.2. The van der Waals surface area contributed by atoms with Crippen molar-refractivity contribution in [3.63, 3.8) is 0 Å². The molecule has 0 aliphatic heterocycles. The van der Waals surface area contributed by atoms with Crippen LogP contribution in [-0.4, -0.2) is 25.3 Å². The minimum Gasteiger partial charge on any atom is -0.492 e. The molecule has 1 aromatic heterocycles. The van der Waals surface area contributed by atoms with Crippen molar-refractivity contribution < 1.29 is 18.7 Å². The molecule has 0 bridgehead atoms. The second kappa shape index (κ2) is 8.78. The molecule has 2 aromatic carbocycles. The topological polar surface area (TPSA) is 68.5 Å². The largest absolute Gasteiger partial charge is 0.492 e.